The molecule has 0 atom stereocenters. The van der Waals surface area contributed by atoms with Gasteiger partial charge in [-0.15, -0.1) is 17.1 Å². The first kappa shape index (κ1) is 10.3. The minimum Gasteiger partial charge on any atom is -0.466 e. The summed E-state index contributed by atoms with van der Waals surface area (Å²) in [7, 11) is 0. The number of nitrogens with one attached hydrogen (secondary N) is 2. The molecule has 0 radical (unpaired) electrons. The van der Waals surface area contributed by atoms with E-state index < -0.39 is 0 Å². The van der Waals surface area contributed by atoms with Gasteiger partial charge in [0.25, 0.3) is 0 Å². The zero-order chi connectivity index (χ0) is 10.4. The molecule has 6 heteroatoms. The van der Waals surface area contributed by atoms with Crippen molar-refractivity contribution in [1.29, 1.82) is 0 Å². The first-order valence-electron chi connectivity index (χ1n) is 4.21. The number of hydrazine groups is 2. The molecule has 2 N–H and O–H groups in total. The molecule has 0 fully saturated rings. The van der Waals surface area contributed by atoms with Crippen LogP contribution in [-0.4, -0.2) is 30.0 Å². The summed E-state index contributed by atoms with van der Waals surface area (Å²) in [5.74, 6) is 2.64. The lowest BCUT2D eigenvalue weighted by molar-refractivity contribution is -0.141. The van der Waals surface area contributed by atoms with Crippen molar-refractivity contribution >= 4 is 11.8 Å². The van der Waals surface area contributed by atoms with Crippen molar-refractivity contribution in [2.75, 3.05) is 13.2 Å². The number of hydrogen-bond acceptors (Lipinski definition) is 6. The quantitative estimate of drug-likeness (QED) is 0.455. The largest absolute Gasteiger partial charge is 0.466 e. The van der Waals surface area contributed by atoms with Gasteiger partial charge in [0.05, 0.1) is 13.2 Å². The van der Waals surface area contributed by atoms with Crippen LogP contribution in [0.5, 0.6) is 0 Å². The van der Waals surface area contributed by atoms with Crippen LogP contribution in [0.4, 0.5) is 0 Å². The first-order chi connectivity index (χ1) is 6.77. The van der Waals surface area contributed by atoms with Crippen molar-refractivity contribution in [3.8, 4) is 12.3 Å². The Bertz CT molecular complexity index is 282. The molecule has 0 spiro atoms. The standard InChI is InChI=1S/C8H12N4O2/c1-3-5-12-7(9-10-11-12)6-8(13)14-4-2/h1,10-11H,4-6H2,2H3. The third-order valence-electron chi connectivity index (χ3n) is 1.54. The second-order valence-corrected chi connectivity index (χ2v) is 2.52. The highest BCUT2D eigenvalue weighted by Crippen LogP contribution is 1.98. The molecule has 0 unspecified atom stereocenters. The van der Waals surface area contributed by atoms with Gasteiger partial charge >= 0.3 is 5.97 Å². The van der Waals surface area contributed by atoms with Crippen LogP contribution < -0.4 is 11.1 Å². The molecular formula is C8H12N4O2. The third-order valence-corrected chi connectivity index (χ3v) is 1.54. The number of terminal acetylenes is 1. The van der Waals surface area contributed by atoms with Gasteiger partial charge < -0.3 is 4.74 Å². The summed E-state index contributed by atoms with van der Waals surface area (Å²) in [5.41, 5.74) is 5.20. The van der Waals surface area contributed by atoms with Gasteiger partial charge in [0.1, 0.15) is 6.42 Å². The number of hydrogen-bond donors (Lipinski definition) is 2. The number of nitrogens with zero attached hydrogens (tertiary/aromatic N) is 2. The van der Waals surface area contributed by atoms with E-state index in [1.165, 1.54) is 0 Å². The maximum Gasteiger partial charge on any atom is 0.313 e. The molecule has 76 valence electrons. The molecule has 0 aliphatic carbocycles. The zero-order valence-corrected chi connectivity index (χ0v) is 7.91. The van der Waals surface area contributed by atoms with Crippen molar-refractivity contribution < 1.29 is 9.53 Å². The molecule has 0 aromatic heterocycles. The predicted octanol–water partition coefficient (Wildman–Crippen LogP) is -0.789. The summed E-state index contributed by atoms with van der Waals surface area (Å²) >= 11 is 0. The summed E-state index contributed by atoms with van der Waals surface area (Å²) in [4.78, 5) is 11.1. The number of rotatable bonds is 4. The van der Waals surface area contributed by atoms with Gasteiger partial charge in [-0.05, 0) is 6.92 Å². The fourth-order valence-electron chi connectivity index (χ4n) is 0.973. The van der Waals surface area contributed by atoms with Crippen molar-refractivity contribution in [2.45, 2.75) is 13.3 Å². The Kier molecular flexibility index (Phi) is 3.76. The monoisotopic (exact) mass is 196 g/mol. The second kappa shape index (κ2) is 5.09. The molecule has 1 aliphatic heterocycles. The lowest BCUT2D eigenvalue weighted by Gasteiger charge is -2.14. The number of amidine groups is 1. The van der Waals surface area contributed by atoms with Gasteiger partial charge in [0.15, 0.2) is 5.84 Å². The Morgan fingerprint density at radius 3 is 3.21 bits per heavy atom. The highest BCUT2D eigenvalue weighted by molar-refractivity contribution is 5.97. The predicted molar refractivity (Wildman–Crippen MR) is 50.5 cm³/mol. The second-order valence-electron chi connectivity index (χ2n) is 2.52. The Morgan fingerprint density at radius 2 is 2.57 bits per heavy atom. The smallest absolute Gasteiger partial charge is 0.313 e. The fourth-order valence-corrected chi connectivity index (χ4v) is 0.973. The van der Waals surface area contributed by atoms with E-state index in [-0.39, 0.29) is 12.4 Å². The number of hydrazone groups is 1. The van der Waals surface area contributed by atoms with E-state index >= 15 is 0 Å². The zero-order valence-electron chi connectivity index (χ0n) is 7.91. The van der Waals surface area contributed by atoms with E-state index in [4.69, 9.17) is 11.2 Å². The summed E-state index contributed by atoms with van der Waals surface area (Å²) in [6.07, 6.45) is 5.24. The Balaban J connectivity index is 2.44. The van der Waals surface area contributed by atoms with E-state index in [9.17, 15) is 4.79 Å². The van der Waals surface area contributed by atoms with Crippen molar-refractivity contribution in [1.82, 2.24) is 16.1 Å². The van der Waals surface area contributed by atoms with Gasteiger partial charge in [0.2, 0.25) is 0 Å². The molecule has 0 amide bonds. The molecule has 0 aromatic carbocycles. The third kappa shape index (κ3) is 2.64. The van der Waals surface area contributed by atoms with Crippen LogP contribution in [0.15, 0.2) is 5.10 Å². The van der Waals surface area contributed by atoms with E-state index in [1.807, 2.05) is 0 Å². The Hall–Kier alpha value is -1.74. The van der Waals surface area contributed by atoms with Gasteiger partial charge in [-0.3, -0.25) is 9.80 Å². The summed E-state index contributed by atoms with van der Waals surface area (Å²) < 4.78 is 4.78. The average Bonchev–Trinajstić information content (AvgIpc) is 2.54. The number of ether oxygens (including phenoxy) is 1. The van der Waals surface area contributed by atoms with E-state index in [0.29, 0.717) is 19.0 Å². The maximum atomic E-state index is 11.1. The van der Waals surface area contributed by atoms with Gasteiger partial charge in [-0.1, -0.05) is 5.92 Å². The van der Waals surface area contributed by atoms with Gasteiger partial charge in [0, 0.05) is 0 Å². The van der Waals surface area contributed by atoms with Crippen LogP contribution in [0, 0.1) is 12.3 Å². The van der Waals surface area contributed by atoms with Crippen molar-refractivity contribution in [3.05, 3.63) is 0 Å². The number of esters is 1. The Morgan fingerprint density at radius 1 is 1.79 bits per heavy atom. The number of carbonyl (C=O) groups excluding carboxylic acids is 1. The van der Waals surface area contributed by atoms with E-state index in [1.54, 1.807) is 11.9 Å². The first-order valence-corrected chi connectivity index (χ1v) is 4.21. The SMILES string of the molecule is C#CCN1NNN=C1CC(=O)OCC. The lowest BCUT2D eigenvalue weighted by atomic mass is 10.4. The summed E-state index contributed by atoms with van der Waals surface area (Å²) in [6.45, 7) is 2.46. The highest BCUT2D eigenvalue weighted by atomic mass is 16.5. The maximum absolute atomic E-state index is 11.1. The topological polar surface area (TPSA) is 66.0 Å². The van der Waals surface area contributed by atoms with Gasteiger partial charge in [-0.2, -0.15) is 0 Å². The van der Waals surface area contributed by atoms with E-state index in [0.717, 1.165) is 0 Å². The van der Waals surface area contributed by atoms with Gasteiger partial charge in [-0.25, -0.2) is 5.53 Å². The normalized spacial score (nSPS) is 14.3. The fraction of sp³-hybridized carbons (Fsp3) is 0.500. The molecule has 0 aromatic rings. The Labute approximate surface area is 82.2 Å². The molecule has 1 aliphatic rings. The molecule has 0 saturated carbocycles. The summed E-state index contributed by atoms with van der Waals surface area (Å²) in [6, 6.07) is 0. The van der Waals surface area contributed by atoms with Crippen LogP contribution in [-0.2, 0) is 9.53 Å². The minimum absolute atomic E-state index is 0.107. The minimum atomic E-state index is -0.321. The van der Waals surface area contributed by atoms with Crippen LogP contribution in [0.1, 0.15) is 13.3 Å². The number of carbonyl (C=O) groups is 1. The van der Waals surface area contributed by atoms with E-state index in [2.05, 4.69) is 22.1 Å². The molecule has 14 heavy (non-hydrogen) atoms. The van der Waals surface area contributed by atoms with Crippen LogP contribution in [0.2, 0.25) is 0 Å². The molecular weight excluding hydrogens is 184 g/mol. The highest BCUT2D eigenvalue weighted by Gasteiger charge is 2.19. The average molecular weight is 196 g/mol. The van der Waals surface area contributed by atoms with Crippen LogP contribution >= 0.6 is 0 Å². The molecule has 0 bridgehead atoms. The van der Waals surface area contributed by atoms with Crippen molar-refractivity contribution in [2.24, 2.45) is 5.10 Å². The molecule has 6 nitrogen and oxygen atoms in total. The van der Waals surface area contributed by atoms with Crippen LogP contribution in [0.3, 0.4) is 0 Å². The lowest BCUT2D eigenvalue weighted by Crippen LogP contribution is -2.41. The van der Waals surface area contributed by atoms with Crippen LogP contribution in [0.25, 0.3) is 0 Å². The molecule has 0 saturated heterocycles. The summed E-state index contributed by atoms with van der Waals surface area (Å²) in [5, 5.41) is 5.41. The molecule has 1 rings (SSSR count). The van der Waals surface area contributed by atoms with Crippen molar-refractivity contribution in [3.63, 3.8) is 0 Å². The molecule has 1 heterocycles.